The van der Waals surface area contributed by atoms with Crippen LogP contribution in [0.2, 0.25) is 0 Å². The minimum atomic E-state index is -5.35. The number of fused-ring (bicyclic) bond motifs is 1. The molecule has 5 rings (SSSR count). The van der Waals surface area contributed by atoms with E-state index in [1.807, 2.05) is 0 Å². The second kappa shape index (κ2) is 12.3. The van der Waals surface area contributed by atoms with Crippen LogP contribution in [-0.2, 0) is 32.0 Å². The Balaban J connectivity index is 1.16. The van der Waals surface area contributed by atoms with Crippen molar-refractivity contribution >= 4 is 38.9 Å². The van der Waals surface area contributed by atoms with Gasteiger partial charge < -0.3 is 45.4 Å². The molecule has 0 aromatic carbocycles. The molecule has 2 fully saturated rings. The lowest BCUT2D eigenvalue weighted by molar-refractivity contribution is -0.765. The number of aliphatic hydroxyl groups excluding tert-OH is 4. The van der Waals surface area contributed by atoms with Crippen LogP contribution in [-0.4, -0.2) is 106 Å². The first-order chi connectivity index (χ1) is 20.3. The molecule has 10 unspecified atom stereocenters. The summed E-state index contributed by atoms with van der Waals surface area (Å²) in [6.07, 6.45) is -5.95. The van der Waals surface area contributed by atoms with Gasteiger partial charge in [0.05, 0.1) is 25.1 Å². The summed E-state index contributed by atoms with van der Waals surface area (Å²) >= 11 is 0. The van der Waals surface area contributed by atoms with Crippen LogP contribution in [0.3, 0.4) is 0 Å². The summed E-state index contributed by atoms with van der Waals surface area (Å²) in [5.74, 6) is 0.0546. The first-order valence-electron chi connectivity index (χ1n) is 12.4. The van der Waals surface area contributed by atoms with Crippen LogP contribution in [0.5, 0.6) is 0 Å². The smallest absolute Gasteiger partial charge is 0.387 e. The van der Waals surface area contributed by atoms with E-state index in [-0.39, 0.29) is 22.5 Å². The average Bonchev–Trinajstić information content (AvgIpc) is 3.61. The van der Waals surface area contributed by atoms with Crippen molar-refractivity contribution in [1.82, 2.24) is 19.5 Å². The van der Waals surface area contributed by atoms with E-state index in [4.69, 9.17) is 19.7 Å². The number of carbonyl (C=O) groups excluding carboxylic acids is 1. The fraction of sp³-hybridized carbons (Fsp3) is 0.476. The van der Waals surface area contributed by atoms with Crippen LogP contribution in [0.15, 0.2) is 37.2 Å². The maximum atomic E-state index is 12.4. The average molecular weight is 649 g/mol. The molecule has 3 aromatic heterocycles. The molecule has 0 saturated carbocycles. The Morgan fingerprint density at radius 1 is 0.977 bits per heavy atom. The molecule has 2 saturated heterocycles. The SMILES string of the molecule is Nc1ncnc2c1ncn2C1OC(COP(=O)(O)OP(=O)(O)OCC2OC([n+]3cccc(C=O)c3)C(O)C2O)C(O)C1O. The first kappa shape index (κ1) is 31.6. The Morgan fingerprint density at radius 3 is 2.30 bits per heavy atom. The maximum Gasteiger partial charge on any atom is 0.481 e. The van der Waals surface area contributed by atoms with Gasteiger partial charge in [-0.2, -0.15) is 8.88 Å². The zero-order valence-corrected chi connectivity index (χ0v) is 23.5. The molecule has 8 N–H and O–H groups in total. The van der Waals surface area contributed by atoms with Gasteiger partial charge in [-0.15, -0.1) is 0 Å². The maximum absolute atomic E-state index is 12.4. The Morgan fingerprint density at radius 2 is 1.63 bits per heavy atom. The molecular formula is C21H27N6O14P2+. The van der Waals surface area contributed by atoms with Crippen LogP contribution >= 0.6 is 15.6 Å². The van der Waals surface area contributed by atoms with E-state index in [9.17, 15) is 44.1 Å². The third-order valence-electron chi connectivity index (χ3n) is 6.62. The Bertz CT molecular complexity index is 1580. The van der Waals surface area contributed by atoms with Gasteiger partial charge in [0, 0.05) is 6.07 Å². The second-order valence-electron chi connectivity index (χ2n) is 9.49. The predicted molar refractivity (Wildman–Crippen MR) is 136 cm³/mol. The lowest BCUT2D eigenvalue weighted by Gasteiger charge is -2.20. The van der Waals surface area contributed by atoms with Gasteiger partial charge in [-0.05, 0) is 6.07 Å². The van der Waals surface area contributed by atoms with Crippen LogP contribution in [0.1, 0.15) is 22.8 Å². The third kappa shape index (κ3) is 6.66. The highest BCUT2D eigenvalue weighted by molar-refractivity contribution is 7.61. The quantitative estimate of drug-likeness (QED) is 0.0652. The van der Waals surface area contributed by atoms with Crippen molar-refractivity contribution in [3.05, 3.63) is 42.7 Å². The Labute approximate surface area is 241 Å². The summed E-state index contributed by atoms with van der Waals surface area (Å²) in [6, 6.07) is 2.98. The summed E-state index contributed by atoms with van der Waals surface area (Å²) in [5, 5.41) is 41.5. The van der Waals surface area contributed by atoms with Crippen LogP contribution < -0.4 is 10.3 Å². The predicted octanol–water partition coefficient (Wildman–Crippen LogP) is -2.30. The number of carbonyl (C=O) groups is 1. The van der Waals surface area contributed by atoms with Crippen molar-refractivity contribution in [1.29, 1.82) is 0 Å². The number of hydrogen-bond donors (Lipinski definition) is 7. The highest BCUT2D eigenvalue weighted by atomic mass is 31.3. The van der Waals surface area contributed by atoms with Gasteiger partial charge in [-0.25, -0.2) is 24.1 Å². The van der Waals surface area contributed by atoms with E-state index in [1.54, 1.807) is 0 Å². The van der Waals surface area contributed by atoms with Gasteiger partial charge in [0.25, 0.3) is 6.23 Å². The van der Waals surface area contributed by atoms with Crippen LogP contribution in [0, 0.1) is 0 Å². The second-order valence-corrected chi connectivity index (χ2v) is 12.5. The monoisotopic (exact) mass is 649 g/mol. The summed E-state index contributed by atoms with van der Waals surface area (Å²) in [4.78, 5) is 42.9. The zero-order valence-electron chi connectivity index (χ0n) is 21.7. The molecule has 5 heterocycles. The fourth-order valence-electron chi connectivity index (χ4n) is 4.52. The first-order valence-corrected chi connectivity index (χ1v) is 15.4. The largest absolute Gasteiger partial charge is 0.481 e. The van der Waals surface area contributed by atoms with Crippen molar-refractivity contribution in [3.63, 3.8) is 0 Å². The van der Waals surface area contributed by atoms with Crippen molar-refractivity contribution in [3.8, 4) is 0 Å². The number of nitrogens with two attached hydrogens (primary N) is 1. The normalized spacial score (nSPS) is 32.0. The Kier molecular flexibility index (Phi) is 9.04. The lowest BCUT2D eigenvalue weighted by atomic mass is 10.1. The molecule has 3 aromatic rings. The number of imidazole rings is 1. The van der Waals surface area contributed by atoms with Crippen LogP contribution in [0.4, 0.5) is 5.82 Å². The number of aromatic nitrogens is 5. The summed E-state index contributed by atoms with van der Waals surface area (Å²) in [6.45, 7) is -1.76. The standard InChI is InChI=1S/C21H26N6O14P2/c22-18-13-19(24-8-23-18)27(9-25-13)21-17(32)15(30)12(40-21)7-38-43(35,36)41-42(33,34)37-6-11-14(29)16(31)20(39-11)26-3-1-2-10(4-26)5-28/h1-5,8-9,11-12,14-17,20-21,29-32H,6-7H2,(H3-,22,23,24,33,34,35,36)/p+1. The van der Waals surface area contributed by atoms with E-state index in [2.05, 4.69) is 23.8 Å². The molecule has 0 radical (unpaired) electrons. The molecule has 2 aliphatic rings. The van der Waals surface area contributed by atoms with Gasteiger partial charge in [0.2, 0.25) is 0 Å². The number of anilines is 1. The summed E-state index contributed by atoms with van der Waals surface area (Å²) in [7, 11) is -10.7. The number of ether oxygens (including phenoxy) is 2. The van der Waals surface area contributed by atoms with E-state index < -0.39 is 77.9 Å². The topological polar surface area (TPSA) is 292 Å². The van der Waals surface area contributed by atoms with Crippen molar-refractivity contribution < 1.29 is 71.5 Å². The van der Waals surface area contributed by atoms with E-state index in [1.165, 1.54) is 40.0 Å². The molecule has 0 amide bonds. The number of nitrogen functional groups attached to an aromatic ring is 1. The van der Waals surface area contributed by atoms with E-state index in [0.29, 0.717) is 6.29 Å². The molecule has 22 heteroatoms. The van der Waals surface area contributed by atoms with E-state index >= 15 is 0 Å². The summed E-state index contributed by atoms with van der Waals surface area (Å²) < 4.78 is 52.0. The molecule has 0 aliphatic carbocycles. The molecular weight excluding hydrogens is 622 g/mol. The van der Waals surface area contributed by atoms with Gasteiger partial charge in [-0.1, -0.05) is 0 Å². The van der Waals surface area contributed by atoms with Gasteiger partial charge in [0.1, 0.15) is 42.4 Å². The van der Waals surface area contributed by atoms with Crippen molar-refractivity contribution in [2.75, 3.05) is 18.9 Å². The minimum absolute atomic E-state index is 0.0546. The number of aliphatic hydroxyl groups is 4. The minimum Gasteiger partial charge on any atom is -0.387 e. The highest BCUT2D eigenvalue weighted by Gasteiger charge is 2.50. The van der Waals surface area contributed by atoms with E-state index in [0.717, 1.165) is 6.33 Å². The number of nitrogens with zero attached hydrogens (tertiary/aromatic N) is 5. The van der Waals surface area contributed by atoms with Crippen molar-refractivity contribution in [2.24, 2.45) is 0 Å². The molecule has 20 nitrogen and oxygen atoms in total. The van der Waals surface area contributed by atoms with Crippen LogP contribution in [0.25, 0.3) is 11.2 Å². The van der Waals surface area contributed by atoms with Gasteiger partial charge in [-0.3, -0.25) is 18.4 Å². The molecule has 0 bridgehead atoms. The number of hydrogen-bond acceptors (Lipinski definition) is 16. The number of rotatable bonds is 11. The third-order valence-corrected chi connectivity index (χ3v) is 9.22. The highest BCUT2D eigenvalue weighted by Crippen LogP contribution is 2.60. The molecule has 10 atom stereocenters. The molecule has 234 valence electrons. The van der Waals surface area contributed by atoms with Crippen molar-refractivity contribution in [2.45, 2.75) is 49.1 Å². The van der Waals surface area contributed by atoms with Gasteiger partial charge >= 0.3 is 15.6 Å². The summed E-state index contributed by atoms with van der Waals surface area (Å²) in [5.41, 5.74) is 6.36. The number of aldehydes is 1. The fourth-order valence-corrected chi connectivity index (χ4v) is 6.61. The number of phosphoric acid groups is 2. The number of pyridine rings is 1. The number of phosphoric ester groups is 2. The molecule has 43 heavy (non-hydrogen) atoms. The Hall–Kier alpha value is -2.81. The zero-order chi connectivity index (χ0) is 31.1. The molecule has 0 spiro atoms. The van der Waals surface area contributed by atoms with Gasteiger partial charge in [0.15, 0.2) is 42.5 Å². The lowest BCUT2D eigenvalue weighted by Crippen LogP contribution is -2.46. The molecule has 2 aliphatic heterocycles.